The topological polar surface area (TPSA) is 36.5 Å². The maximum atomic E-state index is 13.7. The lowest BCUT2D eigenvalue weighted by molar-refractivity contribution is 0.122. The van der Waals surface area contributed by atoms with Gasteiger partial charge in [0, 0.05) is 18.8 Å². The highest BCUT2D eigenvalue weighted by atomic mass is 32.1. The summed E-state index contributed by atoms with van der Waals surface area (Å²) in [6.45, 7) is 5.41. The van der Waals surface area contributed by atoms with Crippen molar-refractivity contribution in [3.8, 4) is 0 Å². The van der Waals surface area contributed by atoms with Gasteiger partial charge in [-0.1, -0.05) is 24.3 Å². The summed E-state index contributed by atoms with van der Waals surface area (Å²) in [5, 5.41) is 6.49. The number of halogens is 1. The van der Waals surface area contributed by atoms with Crippen molar-refractivity contribution in [1.29, 1.82) is 0 Å². The predicted molar refractivity (Wildman–Crippen MR) is 104 cm³/mol. The maximum Gasteiger partial charge on any atom is 0.171 e. The zero-order chi connectivity index (χ0) is 17.6. The van der Waals surface area contributed by atoms with Crippen molar-refractivity contribution in [3.63, 3.8) is 0 Å². The molecule has 1 aliphatic rings. The number of anilines is 2. The standard InChI is InChI=1S/C19H22FN3OS/c1-14(21-19(25)22-18-5-3-2-4-17(18)20)15-6-8-16(9-7-15)23-10-12-24-13-11-23/h2-9,14H,10-13H2,1H3,(H2,21,22,25)/t14-/m0/s1. The third kappa shape index (κ3) is 4.67. The summed E-state index contributed by atoms with van der Waals surface area (Å²) < 4.78 is 19.1. The molecule has 1 fully saturated rings. The number of nitrogens with one attached hydrogen (secondary N) is 2. The summed E-state index contributed by atoms with van der Waals surface area (Å²) in [6, 6.07) is 14.9. The molecule has 1 atom stereocenters. The Kier molecular flexibility index (Phi) is 5.83. The number of benzene rings is 2. The zero-order valence-corrected chi connectivity index (χ0v) is 15.0. The molecule has 0 amide bonds. The Bertz CT molecular complexity index is 717. The number of hydrogen-bond acceptors (Lipinski definition) is 3. The number of thiocarbonyl (C=S) groups is 1. The fourth-order valence-corrected chi connectivity index (χ4v) is 3.08. The van der Waals surface area contributed by atoms with E-state index in [4.69, 9.17) is 17.0 Å². The van der Waals surface area contributed by atoms with Crippen LogP contribution >= 0.6 is 12.2 Å². The first kappa shape index (κ1) is 17.6. The predicted octanol–water partition coefficient (Wildman–Crippen LogP) is 3.71. The molecule has 4 nitrogen and oxygen atoms in total. The van der Waals surface area contributed by atoms with Gasteiger partial charge in [-0.05, 0) is 49.0 Å². The van der Waals surface area contributed by atoms with Gasteiger partial charge in [-0.25, -0.2) is 4.39 Å². The van der Waals surface area contributed by atoms with E-state index in [1.54, 1.807) is 18.2 Å². The molecule has 25 heavy (non-hydrogen) atoms. The number of para-hydroxylation sites is 1. The van der Waals surface area contributed by atoms with Crippen LogP contribution in [0.4, 0.5) is 15.8 Å². The van der Waals surface area contributed by atoms with Crippen molar-refractivity contribution in [3.05, 3.63) is 59.9 Å². The Morgan fingerprint density at radius 1 is 1.12 bits per heavy atom. The van der Waals surface area contributed by atoms with E-state index in [2.05, 4.69) is 39.8 Å². The van der Waals surface area contributed by atoms with Gasteiger partial charge in [-0.2, -0.15) is 0 Å². The van der Waals surface area contributed by atoms with E-state index in [1.807, 2.05) is 6.92 Å². The Morgan fingerprint density at radius 2 is 1.80 bits per heavy atom. The average Bonchev–Trinajstić information content (AvgIpc) is 2.64. The third-order valence-corrected chi connectivity index (χ3v) is 4.46. The van der Waals surface area contributed by atoms with Gasteiger partial charge < -0.3 is 20.3 Å². The first-order valence-corrected chi connectivity index (χ1v) is 8.79. The molecular weight excluding hydrogens is 337 g/mol. The molecule has 0 saturated carbocycles. The van der Waals surface area contributed by atoms with Gasteiger partial charge in [0.2, 0.25) is 0 Å². The first-order chi connectivity index (χ1) is 12.1. The molecule has 1 heterocycles. The second-order valence-corrected chi connectivity index (χ2v) is 6.40. The molecule has 0 unspecified atom stereocenters. The Morgan fingerprint density at radius 3 is 2.48 bits per heavy atom. The number of rotatable bonds is 4. The van der Waals surface area contributed by atoms with Crippen molar-refractivity contribution in [2.75, 3.05) is 36.5 Å². The van der Waals surface area contributed by atoms with E-state index in [9.17, 15) is 4.39 Å². The van der Waals surface area contributed by atoms with Crippen molar-refractivity contribution in [2.24, 2.45) is 0 Å². The monoisotopic (exact) mass is 359 g/mol. The Labute approximate surface area is 153 Å². The maximum absolute atomic E-state index is 13.7. The molecule has 6 heteroatoms. The lowest BCUT2D eigenvalue weighted by atomic mass is 10.1. The number of morpholine rings is 1. The number of nitrogens with zero attached hydrogens (tertiary/aromatic N) is 1. The first-order valence-electron chi connectivity index (χ1n) is 8.38. The van der Waals surface area contributed by atoms with E-state index in [0.29, 0.717) is 10.8 Å². The Balaban J connectivity index is 1.58. The van der Waals surface area contributed by atoms with Crippen LogP contribution in [0.5, 0.6) is 0 Å². The van der Waals surface area contributed by atoms with Gasteiger partial charge in [0.1, 0.15) is 5.82 Å². The van der Waals surface area contributed by atoms with Gasteiger partial charge in [-0.15, -0.1) is 0 Å². The molecule has 1 saturated heterocycles. The van der Waals surface area contributed by atoms with Crippen LogP contribution in [0.3, 0.4) is 0 Å². The van der Waals surface area contributed by atoms with Gasteiger partial charge in [0.15, 0.2) is 5.11 Å². The molecule has 0 bridgehead atoms. The molecule has 0 aliphatic carbocycles. The van der Waals surface area contributed by atoms with E-state index < -0.39 is 0 Å². The lowest BCUT2D eigenvalue weighted by Gasteiger charge is -2.29. The van der Waals surface area contributed by atoms with E-state index in [-0.39, 0.29) is 11.9 Å². The summed E-state index contributed by atoms with van der Waals surface area (Å²) >= 11 is 5.29. The summed E-state index contributed by atoms with van der Waals surface area (Å²) in [5.74, 6) is -0.325. The summed E-state index contributed by atoms with van der Waals surface area (Å²) in [6.07, 6.45) is 0. The van der Waals surface area contributed by atoms with Gasteiger partial charge >= 0.3 is 0 Å². The highest BCUT2D eigenvalue weighted by Gasteiger charge is 2.13. The van der Waals surface area contributed by atoms with E-state index in [0.717, 1.165) is 31.9 Å². The minimum atomic E-state index is -0.325. The normalized spacial score (nSPS) is 15.5. The van der Waals surface area contributed by atoms with Crippen LogP contribution in [0.1, 0.15) is 18.5 Å². The molecule has 0 spiro atoms. The molecule has 2 aromatic rings. The van der Waals surface area contributed by atoms with Crippen LogP contribution in [-0.2, 0) is 4.74 Å². The molecular formula is C19H22FN3OS. The summed E-state index contributed by atoms with van der Waals surface area (Å²) in [7, 11) is 0. The zero-order valence-electron chi connectivity index (χ0n) is 14.2. The molecule has 3 rings (SSSR count). The second-order valence-electron chi connectivity index (χ2n) is 5.99. The van der Waals surface area contributed by atoms with Crippen LogP contribution in [-0.4, -0.2) is 31.4 Å². The molecule has 1 aliphatic heterocycles. The molecule has 2 aromatic carbocycles. The fraction of sp³-hybridized carbons (Fsp3) is 0.316. The van der Waals surface area contributed by atoms with E-state index >= 15 is 0 Å². The molecule has 0 aromatic heterocycles. The van der Waals surface area contributed by atoms with Crippen molar-refractivity contribution < 1.29 is 9.13 Å². The van der Waals surface area contributed by atoms with Crippen LogP contribution in [0.15, 0.2) is 48.5 Å². The highest BCUT2D eigenvalue weighted by molar-refractivity contribution is 7.80. The number of ether oxygens (including phenoxy) is 1. The van der Waals surface area contributed by atoms with Crippen LogP contribution in [0.25, 0.3) is 0 Å². The smallest absolute Gasteiger partial charge is 0.171 e. The van der Waals surface area contributed by atoms with Gasteiger partial charge in [0.25, 0.3) is 0 Å². The average molecular weight is 359 g/mol. The Hall–Kier alpha value is -2.18. The summed E-state index contributed by atoms with van der Waals surface area (Å²) in [4.78, 5) is 2.32. The van der Waals surface area contributed by atoms with Crippen LogP contribution in [0, 0.1) is 5.82 Å². The highest BCUT2D eigenvalue weighted by Crippen LogP contribution is 2.20. The second kappa shape index (κ2) is 8.27. The SMILES string of the molecule is C[C@H](NC(=S)Nc1ccccc1F)c1ccc(N2CCOCC2)cc1. The van der Waals surface area contributed by atoms with Gasteiger partial charge in [-0.3, -0.25) is 0 Å². The van der Waals surface area contributed by atoms with E-state index in [1.165, 1.54) is 11.8 Å². The fourth-order valence-electron chi connectivity index (χ4n) is 2.80. The molecule has 132 valence electrons. The minimum absolute atomic E-state index is 0.0190. The van der Waals surface area contributed by atoms with Crippen molar-refractivity contribution in [2.45, 2.75) is 13.0 Å². The van der Waals surface area contributed by atoms with Crippen molar-refractivity contribution in [1.82, 2.24) is 5.32 Å². The quantitative estimate of drug-likeness (QED) is 0.814. The lowest BCUT2D eigenvalue weighted by Crippen LogP contribution is -2.36. The van der Waals surface area contributed by atoms with Crippen molar-refractivity contribution >= 4 is 28.7 Å². The van der Waals surface area contributed by atoms with Crippen LogP contribution in [0.2, 0.25) is 0 Å². The molecule has 0 radical (unpaired) electrons. The summed E-state index contributed by atoms with van der Waals surface area (Å²) in [5.41, 5.74) is 2.69. The molecule has 2 N–H and O–H groups in total. The third-order valence-electron chi connectivity index (χ3n) is 4.24. The van der Waals surface area contributed by atoms with Gasteiger partial charge in [0.05, 0.1) is 24.9 Å². The minimum Gasteiger partial charge on any atom is -0.378 e. The van der Waals surface area contributed by atoms with Crippen LogP contribution < -0.4 is 15.5 Å². The number of hydrogen-bond donors (Lipinski definition) is 2. The largest absolute Gasteiger partial charge is 0.378 e.